The van der Waals surface area contributed by atoms with E-state index in [1.165, 1.54) is 5.56 Å². The van der Waals surface area contributed by atoms with Crippen molar-refractivity contribution in [1.29, 1.82) is 0 Å². The number of amides is 1. The van der Waals surface area contributed by atoms with Gasteiger partial charge in [-0.1, -0.05) is 38.1 Å². The molecular formula is C23H27N5O2. The second-order valence-corrected chi connectivity index (χ2v) is 8.88. The van der Waals surface area contributed by atoms with Crippen LogP contribution in [-0.4, -0.2) is 45.6 Å². The van der Waals surface area contributed by atoms with Gasteiger partial charge in [0.2, 0.25) is 11.7 Å². The molecule has 0 saturated carbocycles. The fourth-order valence-corrected chi connectivity index (χ4v) is 3.77. The van der Waals surface area contributed by atoms with Gasteiger partial charge >= 0.3 is 0 Å². The van der Waals surface area contributed by atoms with E-state index >= 15 is 0 Å². The summed E-state index contributed by atoms with van der Waals surface area (Å²) in [5.74, 6) is 1.06. The summed E-state index contributed by atoms with van der Waals surface area (Å²) in [7, 11) is 2.01. The minimum absolute atomic E-state index is 0.0195. The molecule has 0 radical (unpaired) electrons. The molecule has 1 amide bonds. The molecule has 156 valence electrons. The molecule has 1 fully saturated rings. The van der Waals surface area contributed by atoms with Crippen LogP contribution >= 0.6 is 0 Å². The number of likely N-dealkylation sites (tertiary alicyclic amines) is 1. The average Bonchev–Trinajstić information content (AvgIpc) is 3.35. The van der Waals surface area contributed by atoms with E-state index in [-0.39, 0.29) is 23.4 Å². The zero-order chi connectivity index (χ0) is 21.3. The Morgan fingerprint density at radius 3 is 2.50 bits per heavy atom. The van der Waals surface area contributed by atoms with Gasteiger partial charge in [-0.15, -0.1) is 0 Å². The van der Waals surface area contributed by atoms with E-state index in [9.17, 15) is 4.79 Å². The normalized spacial score (nSPS) is 19.7. The highest BCUT2D eigenvalue weighted by molar-refractivity contribution is 5.94. The summed E-state index contributed by atoms with van der Waals surface area (Å²) in [5, 5.41) is 7.24. The molecule has 30 heavy (non-hydrogen) atoms. The van der Waals surface area contributed by atoms with E-state index in [0.29, 0.717) is 17.3 Å². The van der Waals surface area contributed by atoms with Crippen LogP contribution in [0, 0.1) is 0 Å². The van der Waals surface area contributed by atoms with Crippen LogP contribution in [0.2, 0.25) is 0 Å². The van der Waals surface area contributed by atoms with Crippen LogP contribution in [0.15, 0.2) is 53.3 Å². The topological polar surface area (TPSA) is 84.2 Å². The third-order valence-corrected chi connectivity index (χ3v) is 5.56. The molecule has 7 heteroatoms. The summed E-state index contributed by atoms with van der Waals surface area (Å²) in [6.07, 6.45) is 4.12. The van der Waals surface area contributed by atoms with E-state index in [4.69, 9.17) is 4.52 Å². The highest BCUT2D eigenvalue weighted by Gasteiger charge is 2.35. The highest BCUT2D eigenvalue weighted by atomic mass is 16.5. The maximum absolute atomic E-state index is 12.7. The lowest BCUT2D eigenvalue weighted by atomic mass is 9.86. The summed E-state index contributed by atoms with van der Waals surface area (Å²) in [6, 6.07) is 11.5. The van der Waals surface area contributed by atoms with Gasteiger partial charge in [-0.05, 0) is 48.7 Å². The second kappa shape index (κ2) is 7.99. The predicted molar refractivity (Wildman–Crippen MR) is 114 cm³/mol. The lowest BCUT2D eigenvalue weighted by molar-refractivity contribution is 0.0938. The van der Waals surface area contributed by atoms with Gasteiger partial charge in [0.25, 0.3) is 5.91 Å². The van der Waals surface area contributed by atoms with Crippen molar-refractivity contribution in [2.24, 2.45) is 0 Å². The molecule has 0 aliphatic carbocycles. The molecule has 3 aromatic rings. The fraction of sp³-hybridized carbons (Fsp3) is 0.391. The minimum atomic E-state index is -0.0579. The van der Waals surface area contributed by atoms with Crippen molar-refractivity contribution in [1.82, 2.24) is 25.3 Å². The molecule has 0 spiro atoms. The molecule has 7 nitrogen and oxygen atoms in total. The maximum atomic E-state index is 12.7. The van der Waals surface area contributed by atoms with Crippen LogP contribution in [0.25, 0.3) is 11.4 Å². The van der Waals surface area contributed by atoms with Gasteiger partial charge in [-0.25, -0.2) is 0 Å². The first-order valence-electron chi connectivity index (χ1n) is 10.2. The Labute approximate surface area is 176 Å². The van der Waals surface area contributed by atoms with E-state index in [2.05, 4.69) is 46.1 Å². The van der Waals surface area contributed by atoms with E-state index in [1.807, 2.05) is 43.4 Å². The first-order valence-corrected chi connectivity index (χ1v) is 10.2. The molecule has 1 aliphatic rings. The number of hydrogen-bond acceptors (Lipinski definition) is 6. The maximum Gasteiger partial charge on any atom is 0.251 e. The van der Waals surface area contributed by atoms with Crippen molar-refractivity contribution in [3.05, 3.63) is 65.8 Å². The molecule has 1 aromatic carbocycles. The number of nitrogens with one attached hydrogen (secondary N) is 1. The lowest BCUT2D eigenvalue weighted by Crippen LogP contribution is -2.36. The van der Waals surface area contributed by atoms with Crippen LogP contribution < -0.4 is 5.32 Å². The Balaban J connectivity index is 1.41. The number of aromatic nitrogens is 3. The van der Waals surface area contributed by atoms with E-state index in [0.717, 1.165) is 18.5 Å². The molecule has 0 bridgehead atoms. The number of pyridine rings is 1. The van der Waals surface area contributed by atoms with Crippen molar-refractivity contribution in [3.8, 4) is 11.4 Å². The third-order valence-electron chi connectivity index (χ3n) is 5.56. The van der Waals surface area contributed by atoms with Gasteiger partial charge in [0.15, 0.2) is 0 Å². The average molecular weight is 406 g/mol. The van der Waals surface area contributed by atoms with Crippen molar-refractivity contribution in [2.75, 3.05) is 13.6 Å². The van der Waals surface area contributed by atoms with Crippen LogP contribution in [0.3, 0.4) is 0 Å². The zero-order valence-corrected chi connectivity index (χ0v) is 17.8. The largest absolute Gasteiger partial charge is 0.348 e. The summed E-state index contributed by atoms with van der Waals surface area (Å²) in [5.41, 5.74) is 2.81. The number of likely N-dealkylation sites (N-methyl/N-ethyl adjacent to an activating group) is 1. The standard InChI is InChI=1S/C23H27N5O2/c1-23(2,3)17-7-5-16(6-8-17)21(29)25-18-13-19(28(4)14-18)22-26-20(27-30-22)15-9-11-24-12-10-15/h5-12,18-19H,13-14H2,1-4H3,(H,25,29)/t18-,19-/m0/s1. The number of hydrogen-bond donors (Lipinski definition) is 1. The summed E-state index contributed by atoms with van der Waals surface area (Å²) in [4.78, 5) is 23.4. The molecule has 2 aromatic heterocycles. The Kier molecular flexibility index (Phi) is 5.39. The fourth-order valence-electron chi connectivity index (χ4n) is 3.77. The lowest BCUT2D eigenvalue weighted by Gasteiger charge is -2.19. The molecule has 1 N–H and O–H groups in total. The van der Waals surface area contributed by atoms with Gasteiger partial charge in [0.1, 0.15) is 0 Å². The summed E-state index contributed by atoms with van der Waals surface area (Å²) in [6.45, 7) is 7.21. The monoisotopic (exact) mass is 405 g/mol. The van der Waals surface area contributed by atoms with Gasteiger partial charge < -0.3 is 9.84 Å². The van der Waals surface area contributed by atoms with E-state index in [1.54, 1.807) is 12.4 Å². The molecule has 1 saturated heterocycles. The highest BCUT2D eigenvalue weighted by Crippen LogP contribution is 2.31. The Bertz CT molecular complexity index is 1010. The van der Waals surface area contributed by atoms with Crippen molar-refractivity contribution in [3.63, 3.8) is 0 Å². The number of nitrogens with zero attached hydrogens (tertiary/aromatic N) is 4. The SMILES string of the molecule is CN1C[C@@H](NC(=O)c2ccc(C(C)(C)C)cc2)C[C@H]1c1nc(-c2ccncc2)no1. The van der Waals surface area contributed by atoms with Gasteiger partial charge in [-0.2, -0.15) is 4.98 Å². The van der Waals surface area contributed by atoms with Gasteiger partial charge in [0, 0.05) is 36.1 Å². The Hall–Kier alpha value is -3.06. The zero-order valence-electron chi connectivity index (χ0n) is 17.8. The smallest absolute Gasteiger partial charge is 0.251 e. The second-order valence-electron chi connectivity index (χ2n) is 8.88. The molecular weight excluding hydrogens is 378 g/mol. The molecule has 1 aliphatic heterocycles. The number of benzene rings is 1. The number of rotatable bonds is 4. The molecule has 0 unspecified atom stereocenters. The Morgan fingerprint density at radius 1 is 1.13 bits per heavy atom. The minimum Gasteiger partial charge on any atom is -0.348 e. The Morgan fingerprint density at radius 2 is 1.83 bits per heavy atom. The first-order chi connectivity index (χ1) is 14.3. The molecule has 3 heterocycles. The molecule has 4 rings (SSSR count). The van der Waals surface area contributed by atoms with Gasteiger partial charge in [-0.3, -0.25) is 14.7 Å². The van der Waals surface area contributed by atoms with Crippen molar-refractivity contribution in [2.45, 2.75) is 44.7 Å². The first kappa shape index (κ1) is 20.2. The predicted octanol–water partition coefficient (Wildman–Crippen LogP) is 3.60. The van der Waals surface area contributed by atoms with Crippen LogP contribution in [-0.2, 0) is 5.41 Å². The van der Waals surface area contributed by atoms with Crippen molar-refractivity contribution >= 4 is 5.91 Å². The van der Waals surface area contributed by atoms with E-state index < -0.39 is 0 Å². The summed E-state index contributed by atoms with van der Waals surface area (Å²) >= 11 is 0. The number of carbonyl (C=O) groups excluding carboxylic acids is 1. The summed E-state index contributed by atoms with van der Waals surface area (Å²) < 4.78 is 5.52. The number of carbonyl (C=O) groups is 1. The third kappa shape index (κ3) is 4.26. The van der Waals surface area contributed by atoms with Crippen LogP contribution in [0.1, 0.15) is 55.0 Å². The molecule has 2 atom stereocenters. The van der Waals surface area contributed by atoms with Crippen molar-refractivity contribution < 1.29 is 9.32 Å². The quantitative estimate of drug-likeness (QED) is 0.714. The van der Waals surface area contributed by atoms with Crippen LogP contribution in [0.5, 0.6) is 0 Å². The van der Waals surface area contributed by atoms with Crippen LogP contribution in [0.4, 0.5) is 0 Å². The van der Waals surface area contributed by atoms with Gasteiger partial charge in [0.05, 0.1) is 6.04 Å².